The second-order valence-electron chi connectivity index (χ2n) is 4.98. The Bertz CT molecular complexity index is 432. The van der Waals surface area contributed by atoms with E-state index in [1.807, 2.05) is 25.3 Å². The molecule has 0 aliphatic heterocycles. The van der Waals surface area contributed by atoms with Crippen LogP contribution < -0.4 is 5.32 Å². The fourth-order valence-corrected chi connectivity index (χ4v) is 2.52. The Morgan fingerprint density at radius 3 is 2.71 bits per heavy atom. The molecule has 0 aromatic carbocycles. The fraction of sp³-hybridized carbons (Fsp3) is 0.600. The number of hydrogen-bond donors (Lipinski definition) is 1. The van der Waals surface area contributed by atoms with Crippen LogP contribution in [-0.4, -0.2) is 49.1 Å². The first-order valence-electron chi connectivity index (χ1n) is 7.21. The van der Waals surface area contributed by atoms with Crippen LogP contribution in [0.4, 0.5) is 0 Å². The topological polar surface area (TPSA) is 58.6 Å². The average molecular weight is 312 g/mol. The lowest BCUT2D eigenvalue weighted by molar-refractivity contribution is -0.145. The second-order valence-corrected chi connectivity index (χ2v) is 6.02. The number of hydrogen-bond acceptors (Lipinski definition) is 5. The second kappa shape index (κ2) is 9.52. The summed E-state index contributed by atoms with van der Waals surface area (Å²) in [6.45, 7) is 7.01. The summed E-state index contributed by atoms with van der Waals surface area (Å²) in [6.07, 6.45) is 0.836. The standard InChI is InChI=1S/C15H24N2O3S/c1-4-20-15(19)11-17(12(2)3)10-14(18)16-8-7-13-6-5-9-21-13/h5-6,9,12H,4,7-8,10-11H2,1-3H3,(H,16,18). The van der Waals surface area contributed by atoms with E-state index in [1.54, 1.807) is 23.2 Å². The minimum absolute atomic E-state index is 0.0652. The van der Waals surface area contributed by atoms with Crippen molar-refractivity contribution in [2.24, 2.45) is 0 Å². The number of carbonyl (C=O) groups is 2. The minimum Gasteiger partial charge on any atom is -0.465 e. The molecule has 0 bridgehead atoms. The van der Waals surface area contributed by atoms with E-state index >= 15 is 0 Å². The lowest BCUT2D eigenvalue weighted by Crippen LogP contribution is -2.44. The minimum atomic E-state index is -0.294. The normalized spacial score (nSPS) is 10.9. The van der Waals surface area contributed by atoms with Crippen molar-refractivity contribution in [1.29, 1.82) is 0 Å². The summed E-state index contributed by atoms with van der Waals surface area (Å²) in [5.41, 5.74) is 0. The SMILES string of the molecule is CCOC(=O)CN(CC(=O)NCCc1cccs1)C(C)C. The molecule has 0 aliphatic rings. The third-order valence-electron chi connectivity index (χ3n) is 2.99. The molecule has 1 N–H and O–H groups in total. The first-order valence-corrected chi connectivity index (χ1v) is 8.09. The molecule has 0 aliphatic carbocycles. The summed E-state index contributed by atoms with van der Waals surface area (Å²) < 4.78 is 4.92. The van der Waals surface area contributed by atoms with Crippen LogP contribution in [0.25, 0.3) is 0 Å². The number of esters is 1. The van der Waals surface area contributed by atoms with Gasteiger partial charge >= 0.3 is 5.97 Å². The molecule has 0 spiro atoms. The number of amides is 1. The molecule has 0 saturated heterocycles. The van der Waals surface area contributed by atoms with Crippen molar-refractivity contribution in [2.45, 2.75) is 33.2 Å². The van der Waals surface area contributed by atoms with Gasteiger partial charge in [-0.3, -0.25) is 14.5 Å². The molecular weight excluding hydrogens is 288 g/mol. The molecule has 6 heteroatoms. The summed E-state index contributed by atoms with van der Waals surface area (Å²) in [5.74, 6) is -0.359. The first-order chi connectivity index (χ1) is 10.0. The highest BCUT2D eigenvalue weighted by molar-refractivity contribution is 7.09. The Labute approximate surface area is 130 Å². The van der Waals surface area contributed by atoms with E-state index in [2.05, 4.69) is 11.4 Å². The summed E-state index contributed by atoms with van der Waals surface area (Å²) in [7, 11) is 0. The van der Waals surface area contributed by atoms with Crippen LogP contribution in [0.1, 0.15) is 25.6 Å². The molecule has 0 radical (unpaired) electrons. The lowest BCUT2D eigenvalue weighted by Gasteiger charge is -2.24. The first kappa shape index (κ1) is 17.7. The number of carbonyl (C=O) groups excluding carboxylic acids is 2. The molecule has 1 amide bonds. The Balaban J connectivity index is 2.32. The molecule has 0 saturated carbocycles. The average Bonchev–Trinajstić information content (AvgIpc) is 2.91. The summed E-state index contributed by atoms with van der Waals surface area (Å²) >= 11 is 1.68. The Morgan fingerprint density at radius 1 is 1.38 bits per heavy atom. The zero-order chi connectivity index (χ0) is 15.7. The van der Waals surface area contributed by atoms with Gasteiger partial charge in [0.2, 0.25) is 5.91 Å². The third kappa shape index (κ3) is 7.24. The fourth-order valence-electron chi connectivity index (χ4n) is 1.81. The molecule has 1 aromatic rings. The predicted octanol–water partition coefficient (Wildman–Crippen LogP) is 1.68. The van der Waals surface area contributed by atoms with E-state index in [9.17, 15) is 9.59 Å². The van der Waals surface area contributed by atoms with Crippen molar-refractivity contribution in [3.8, 4) is 0 Å². The van der Waals surface area contributed by atoms with Gasteiger partial charge in [-0.15, -0.1) is 11.3 Å². The maximum absolute atomic E-state index is 11.9. The van der Waals surface area contributed by atoms with Gasteiger partial charge in [0.1, 0.15) is 0 Å². The Kier molecular flexibility index (Phi) is 8.00. The van der Waals surface area contributed by atoms with Crippen LogP contribution in [-0.2, 0) is 20.7 Å². The smallest absolute Gasteiger partial charge is 0.320 e. The van der Waals surface area contributed by atoms with Crippen LogP contribution in [0.15, 0.2) is 17.5 Å². The van der Waals surface area contributed by atoms with Crippen molar-refractivity contribution < 1.29 is 14.3 Å². The van der Waals surface area contributed by atoms with E-state index in [1.165, 1.54) is 4.88 Å². The number of nitrogens with one attached hydrogen (secondary N) is 1. The van der Waals surface area contributed by atoms with Crippen LogP contribution >= 0.6 is 11.3 Å². The number of nitrogens with zero attached hydrogens (tertiary/aromatic N) is 1. The zero-order valence-electron chi connectivity index (χ0n) is 12.9. The van der Waals surface area contributed by atoms with Crippen LogP contribution in [0.2, 0.25) is 0 Å². The summed E-state index contributed by atoms with van der Waals surface area (Å²) in [5, 5.41) is 4.91. The van der Waals surface area contributed by atoms with E-state index in [4.69, 9.17) is 4.74 Å². The third-order valence-corrected chi connectivity index (χ3v) is 3.92. The van der Waals surface area contributed by atoms with Gasteiger partial charge in [-0.05, 0) is 38.6 Å². The Hall–Kier alpha value is -1.40. The summed E-state index contributed by atoms with van der Waals surface area (Å²) in [4.78, 5) is 26.5. The van der Waals surface area contributed by atoms with Crippen LogP contribution in [0.5, 0.6) is 0 Å². The van der Waals surface area contributed by atoms with Crippen LogP contribution in [0.3, 0.4) is 0 Å². The van der Waals surface area contributed by atoms with Gasteiger partial charge in [-0.2, -0.15) is 0 Å². The largest absolute Gasteiger partial charge is 0.465 e. The van der Waals surface area contributed by atoms with E-state index in [0.29, 0.717) is 13.2 Å². The van der Waals surface area contributed by atoms with Gasteiger partial charge in [0, 0.05) is 17.5 Å². The van der Waals surface area contributed by atoms with Crippen molar-refractivity contribution >= 4 is 23.2 Å². The van der Waals surface area contributed by atoms with Gasteiger partial charge in [0.15, 0.2) is 0 Å². The highest BCUT2D eigenvalue weighted by atomic mass is 32.1. The maximum atomic E-state index is 11.9. The summed E-state index contributed by atoms with van der Waals surface area (Å²) in [6, 6.07) is 4.16. The molecule has 1 aromatic heterocycles. The number of rotatable bonds is 9. The van der Waals surface area contributed by atoms with E-state index in [-0.39, 0.29) is 31.0 Å². The van der Waals surface area contributed by atoms with Crippen molar-refractivity contribution in [1.82, 2.24) is 10.2 Å². The molecule has 5 nitrogen and oxygen atoms in total. The van der Waals surface area contributed by atoms with Crippen LogP contribution in [0, 0.1) is 0 Å². The molecule has 118 valence electrons. The zero-order valence-corrected chi connectivity index (χ0v) is 13.7. The van der Waals surface area contributed by atoms with Gasteiger partial charge < -0.3 is 10.1 Å². The molecule has 1 heterocycles. The molecule has 1 rings (SSSR count). The highest BCUT2D eigenvalue weighted by Crippen LogP contribution is 2.08. The predicted molar refractivity (Wildman–Crippen MR) is 84.4 cm³/mol. The number of thiophene rings is 1. The lowest BCUT2D eigenvalue weighted by atomic mass is 10.3. The maximum Gasteiger partial charge on any atom is 0.320 e. The van der Waals surface area contributed by atoms with Gasteiger partial charge in [-0.25, -0.2) is 0 Å². The highest BCUT2D eigenvalue weighted by Gasteiger charge is 2.17. The molecule has 0 fully saturated rings. The van der Waals surface area contributed by atoms with Crippen molar-refractivity contribution in [2.75, 3.05) is 26.2 Å². The molecular formula is C15H24N2O3S. The molecule has 0 unspecified atom stereocenters. The molecule has 0 atom stereocenters. The van der Waals surface area contributed by atoms with E-state index < -0.39 is 0 Å². The van der Waals surface area contributed by atoms with Crippen molar-refractivity contribution in [3.05, 3.63) is 22.4 Å². The van der Waals surface area contributed by atoms with E-state index in [0.717, 1.165) is 6.42 Å². The van der Waals surface area contributed by atoms with Gasteiger partial charge in [0.05, 0.1) is 19.7 Å². The Morgan fingerprint density at radius 2 is 2.14 bits per heavy atom. The van der Waals surface area contributed by atoms with Gasteiger partial charge in [-0.1, -0.05) is 6.07 Å². The van der Waals surface area contributed by atoms with Crippen molar-refractivity contribution in [3.63, 3.8) is 0 Å². The monoisotopic (exact) mass is 312 g/mol. The quantitative estimate of drug-likeness (QED) is 0.705. The molecule has 21 heavy (non-hydrogen) atoms. The number of ether oxygens (including phenoxy) is 1. The van der Waals surface area contributed by atoms with Gasteiger partial charge in [0.25, 0.3) is 0 Å².